The number of aromatic nitrogens is 4. The molecule has 1 amide bonds. The van der Waals surface area contributed by atoms with E-state index >= 15 is 0 Å². The van der Waals surface area contributed by atoms with Crippen molar-refractivity contribution in [1.82, 2.24) is 25.1 Å². The van der Waals surface area contributed by atoms with Gasteiger partial charge in [0.2, 0.25) is 11.1 Å². The first-order valence-corrected chi connectivity index (χ1v) is 10.4. The lowest BCUT2D eigenvalue weighted by atomic mass is 10.1. The lowest BCUT2D eigenvalue weighted by Gasteiger charge is -2.05. The number of carbonyl (C=O) groups is 1. The molecule has 4 rings (SSSR count). The van der Waals surface area contributed by atoms with Crippen LogP contribution in [-0.4, -0.2) is 31.5 Å². The molecule has 1 N–H and O–H groups in total. The highest BCUT2D eigenvalue weighted by Gasteiger charge is 2.11. The SMILES string of the molecule is Cc1ccc(-c2ccc3nnc(SCC(=O)NCc4ccc(Cl)cc4)n3n2)cc1. The van der Waals surface area contributed by atoms with Crippen molar-refractivity contribution in [3.8, 4) is 11.3 Å². The smallest absolute Gasteiger partial charge is 0.230 e. The molecule has 6 nitrogen and oxygen atoms in total. The molecule has 29 heavy (non-hydrogen) atoms. The van der Waals surface area contributed by atoms with Crippen molar-refractivity contribution in [2.75, 3.05) is 5.75 Å². The van der Waals surface area contributed by atoms with Crippen molar-refractivity contribution in [1.29, 1.82) is 0 Å². The van der Waals surface area contributed by atoms with Gasteiger partial charge in [-0.3, -0.25) is 4.79 Å². The molecule has 2 aromatic heterocycles. The molecular weight excluding hydrogens is 406 g/mol. The Hall–Kier alpha value is -2.90. The summed E-state index contributed by atoms with van der Waals surface area (Å²) in [4.78, 5) is 12.2. The highest BCUT2D eigenvalue weighted by molar-refractivity contribution is 7.99. The molecule has 2 heterocycles. The van der Waals surface area contributed by atoms with Gasteiger partial charge in [-0.1, -0.05) is 65.3 Å². The van der Waals surface area contributed by atoms with Gasteiger partial charge in [-0.2, -0.15) is 9.61 Å². The monoisotopic (exact) mass is 423 g/mol. The molecule has 0 aliphatic rings. The number of hydrogen-bond donors (Lipinski definition) is 1. The highest BCUT2D eigenvalue weighted by atomic mass is 35.5. The molecule has 0 fully saturated rings. The zero-order valence-electron chi connectivity index (χ0n) is 15.7. The van der Waals surface area contributed by atoms with E-state index in [4.69, 9.17) is 11.6 Å². The molecule has 146 valence electrons. The fourth-order valence-electron chi connectivity index (χ4n) is 2.72. The Morgan fingerprint density at radius 3 is 2.55 bits per heavy atom. The Kier molecular flexibility index (Phi) is 5.78. The van der Waals surface area contributed by atoms with Gasteiger partial charge >= 0.3 is 0 Å². The van der Waals surface area contributed by atoms with Crippen LogP contribution in [0, 0.1) is 6.92 Å². The van der Waals surface area contributed by atoms with Gasteiger partial charge in [-0.15, -0.1) is 10.2 Å². The van der Waals surface area contributed by atoms with Crippen LogP contribution in [0.25, 0.3) is 16.9 Å². The van der Waals surface area contributed by atoms with E-state index < -0.39 is 0 Å². The van der Waals surface area contributed by atoms with E-state index in [0.717, 1.165) is 16.8 Å². The van der Waals surface area contributed by atoms with E-state index in [1.54, 1.807) is 16.6 Å². The molecule has 0 aliphatic heterocycles. The van der Waals surface area contributed by atoms with Crippen molar-refractivity contribution in [2.24, 2.45) is 0 Å². The summed E-state index contributed by atoms with van der Waals surface area (Å²) in [5.41, 5.74) is 4.67. The van der Waals surface area contributed by atoms with Crippen molar-refractivity contribution in [2.45, 2.75) is 18.6 Å². The standard InChI is InChI=1S/C21H18ClN5OS/c1-14-2-6-16(7-3-14)18-10-11-19-24-25-21(27(19)26-18)29-13-20(28)23-12-15-4-8-17(22)9-5-15/h2-11H,12-13H2,1H3,(H,23,28). The predicted octanol–water partition coefficient (Wildman–Crippen LogP) is 4.16. The molecule has 0 radical (unpaired) electrons. The highest BCUT2D eigenvalue weighted by Crippen LogP contribution is 2.21. The maximum absolute atomic E-state index is 12.2. The number of halogens is 1. The van der Waals surface area contributed by atoms with E-state index in [-0.39, 0.29) is 11.7 Å². The molecule has 0 unspecified atom stereocenters. The van der Waals surface area contributed by atoms with Gasteiger partial charge in [0.15, 0.2) is 5.65 Å². The van der Waals surface area contributed by atoms with Crippen molar-refractivity contribution in [3.63, 3.8) is 0 Å². The number of aryl methyl sites for hydroxylation is 1. The third-order valence-corrected chi connectivity index (χ3v) is 5.49. The van der Waals surface area contributed by atoms with Crippen LogP contribution in [0.5, 0.6) is 0 Å². The summed E-state index contributed by atoms with van der Waals surface area (Å²) in [5, 5.41) is 17.1. The summed E-state index contributed by atoms with van der Waals surface area (Å²) in [6, 6.07) is 19.3. The topological polar surface area (TPSA) is 72.2 Å². The second-order valence-electron chi connectivity index (χ2n) is 6.53. The van der Waals surface area contributed by atoms with Gasteiger partial charge in [0.05, 0.1) is 11.4 Å². The Morgan fingerprint density at radius 1 is 1.03 bits per heavy atom. The molecule has 0 spiro atoms. The van der Waals surface area contributed by atoms with Crippen LogP contribution in [0.3, 0.4) is 0 Å². The van der Waals surface area contributed by atoms with Gasteiger partial charge in [0.1, 0.15) is 0 Å². The van der Waals surface area contributed by atoms with Gasteiger partial charge < -0.3 is 5.32 Å². The molecule has 2 aromatic carbocycles. The van der Waals surface area contributed by atoms with Crippen molar-refractivity contribution < 1.29 is 4.79 Å². The van der Waals surface area contributed by atoms with E-state index in [2.05, 4.69) is 20.6 Å². The van der Waals surface area contributed by atoms with Crippen molar-refractivity contribution in [3.05, 3.63) is 76.8 Å². The van der Waals surface area contributed by atoms with Gasteiger partial charge in [0, 0.05) is 17.1 Å². The first kappa shape index (κ1) is 19.4. The lowest BCUT2D eigenvalue weighted by Crippen LogP contribution is -2.24. The fourth-order valence-corrected chi connectivity index (χ4v) is 3.56. The lowest BCUT2D eigenvalue weighted by molar-refractivity contribution is -0.118. The third kappa shape index (κ3) is 4.75. The van der Waals surface area contributed by atoms with E-state index in [0.29, 0.717) is 22.4 Å². The fraction of sp³-hybridized carbons (Fsp3) is 0.143. The normalized spacial score (nSPS) is 11.0. The van der Waals surface area contributed by atoms with Crippen LogP contribution in [0.15, 0.2) is 65.8 Å². The van der Waals surface area contributed by atoms with E-state index in [1.165, 1.54) is 17.3 Å². The number of carbonyl (C=O) groups excluding carboxylic acids is 1. The summed E-state index contributed by atoms with van der Waals surface area (Å²) >= 11 is 7.18. The van der Waals surface area contributed by atoms with Crippen LogP contribution >= 0.6 is 23.4 Å². The van der Waals surface area contributed by atoms with Crippen LogP contribution < -0.4 is 5.32 Å². The Morgan fingerprint density at radius 2 is 1.79 bits per heavy atom. The largest absolute Gasteiger partial charge is 0.351 e. The van der Waals surface area contributed by atoms with E-state index in [9.17, 15) is 4.79 Å². The summed E-state index contributed by atoms with van der Waals surface area (Å²) in [7, 11) is 0. The first-order chi connectivity index (χ1) is 14.1. The first-order valence-electron chi connectivity index (χ1n) is 9.02. The molecule has 8 heteroatoms. The Bertz CT molecular complexity index is 1140. The van der Waals surface area contributed by atoms with Crippen molar-refractivity contribution >= 4 is 34.9 Å². The average Bonchev–Trinajstić information content (AvgIpc) is 3.14. The number of amides is 1. The maximum Gasteiger partial charge on any atom is 0.230 e. The summed E-state index contributed by atoms with van der Waals surface area (Å²) < 4.78 is 1.67. The number of hydrogen-bond acceptors (Lipinski definition) is 5. The van der Waals surface area contributed by atoms with Gasteiger partial charge in [0.25, 0.3) is 0 Å². The Labute approximate surface area is 177 Å². The minimum Gasteiger partial charge on any atom is -0.351 e. The summed E-state index contributed by atoms with van der Waals surface area (Å²) in [6.07, 6.45) is 0. The predicted molar refractivity (Wildman–Crippen MR) is 115 cm³/mol. The molecule has 0 saturated carbocycles. The second-order valence-corrected chi connectivity index (χ2v) is 7.91. The number of thioether (sulfide) groups is 1. The second kappa shape index (κ2) is 8.63. The number of fused-ring (bicyclic) bond motifs is 1. The zero-order valence-corrected chi connectivity index (χ0v) is 17.2. The van der Waals surface area contributed by atoms with Gasteiger partial charge in [-0.25, -0.2) is 0 Å². The number of nitrogens with one attached hydrogen (secondary N) is 1. The zero-order chi connectivity index (χ0) is 20.2. The summed E-state index contributed by atoms with van der Waals surface area (Å²) in [6.45, 7) is 2.50. The Balaban J connectivity index is 1.42. The van der Waals surface area contributed by atoms with Crippen LogP contribution in [0.4, 0.5) is 0 Å². The number of benzene rings is 2. The van der Waals surface area contributed by atoms with Crippen LogP contribution in [0.2, 0.25) is 5.02 Å². The quantitative estimate of drug-likeness (QED) is 0.471. The maximum atomic E-state index is 12.2. The molecule has 0 atom stereocenters. The number of nitrogens with zero attached hydrogens (tertiary/aromatic N) is 4. The molecule has 4 aromatic rings. The molecule has 0 bridgehead atoms. The number of rotatable bonds is 6. The molecule has 0 aliphatic carbocycles. The molecule has 0 saturated heterocycles. The minimum absolute atomic E-state index is 0.0867. The van der Waals surface area contributed by atoms with Crippen LogP contribution in [-0.2, 0) is 11.3 Å². The van der Waals surface area contributed by atoms with Gasteiger partial charge in [-0.05, 0) is 36.8 Å². The van der Waals surface area contributed by atoms with Crippen LogP contribution in [0.1, 0.15) is 11.1 Å². The average molecular weight is 424 g/mol. The summed E-state index contributed by atoms with van der Waals surface area (Å²) in [5.74, 6) is 0.140. The molecular formula is C21H18ClN5OS. The third-order valence-electron chi connectivity index (χ3n) is 4.32. The minimum atomic E-state index is -0.0867. The van der Waals surface area contributed by atoms with E-state index in [1.807, 2.05) is 55.5 Å².